The van der Waals surface area contributed by atoms with Crippen LogP contribution in [0.5, 0.6) is 11.5 Å². The lowest BCUT2D eigenvalue weighted by Crippen LogP contribution is -2.26. The van der Waals surface area contributed by atoms with Crippen LogP contribution < -0.4 is 20.5 Å². The molecule has 0 aliphatic rings. The second-order valence-electron chi connectivity index (χ2n) is 4.47. The normalized spacial score (nSPS) is 10.4. The second kappa shape index (κ2) is 11.1. The average Bonchev–Trinajstić information content (AvgIpc) is 2.51. The van der Waals surface area contributed by atoms with Crippen LogP contribution in [0.1, 0.15) is 5.56 Å². The largest absolute Gasteiger partial charge is 0.497 e. The molecule has 0 aromatic heterocycles. The standard InChI is InChI=1S/C16H26N2O3/c1-3-4-14-13-15(19-2)5-6-16(14)21-12-11-20-10-9-18-8-7-17/h3,5-6,13,18H,1,4,7-12,17H2,2H3. The van der Waals surface area contributed by atoms with Crippen molar-refractivity contribution in [2.45, 2.75) is 6.42 Å². The monoisotopic (exact) mass is 294 g/mol. The Balaban J connectivity index is 2.29. The zero-order chi connectivity index (χ0) is 15.3. The highest BCUT2D eigenvalue weighted by Gasteiger charge is 2.04. The number of nitrogens with two attached hydrogens (primary N) is 1. The molecule has 0 amide bonds. The molecule has 0 atom stereocenters. The molecular formula is C16H26N2O3. The predicted octanol–water partition coefficient (Wildman–Crippen LogP) is 1.37. The number of hydrogen-bond acceptors (Lipinski definition) is 5. The average molecular weight is 294 g/mol. The van der Waals surface area contributed by atoms with Gasteiger partial charge < -0.3 is 25.3 Å². The third-order valence-electron chi connectivity index (χ3n) is 2.86. The van der Waals surface area contributed by atoms with Crippen molar-refractivity contribution < 1.29 is 14.2 Å². The molecule has 0 radical (unpaired) electrons. The van der Waals surface area contributed by atoms with E-state index in [1.54, 1.807) is 7.11 Å². The van der Waals surface area contributed by atoms with Gasteiger partial charge in [0.1, 0.15) is 18.1 Å². The van der Waals surface area contributed by atoms with Crippen LogP contribution in [-0.4, -0.2) is 46.6 Å². The first-order valence-corrected chi connectivity index (χ1v) is 7.21. The van der Waals surface area contributed by atoms with E-state index in [0.29, 0.717) is 26.4 Å². The minimum Gasteiger partial charge on any atom is -0.497 e. The molecule has 0 fully saturated rings. The summed E-state index contributed by atoms with van der Waals surface area (Å²) < 4.78 is 16.4. The lowest BCUT2D eigenvalue weighted by atomic mass is 10.1. The van der Waals surface area contributed by atoms with E-state index >= 15 is 0 Å². The predicted molar refractivity (Wildman–Crippen MR) is 85.1 cm³/mol. The van der Waals surface area contributed by atoms with Crippen LogP contribution in [0.25, 0.3) is 0 Å². The smallest absolute Gasteiger partial charge is 0.123 e. The van der Waals surface area contributed by atoms with Gasteiger partial charge in [0.2, 0.25) is 0 Å². The first-order chi connectivity index (χ1) is 10.3. The maximum absolute atomic E-state index is 5.75. The molecule has 21 heavy (non-hydrogen) atoms. The number of ether oxygens (including phenoxy) is 3. The third kappa shape index (κ3) is 7.13. The Bertz CT molecular complexity index is 411. The first-order valence-electron chi connectivity index (χ1n) is 7.21. The van der Waals surface area contributed by atoms with E-state index in [9.17, 15) is 0 Å². The Morgan fingerprint density at radius 1 is 1.24 bits per heavy atom. The Morgan fingerprint density at radius 2 is 2.10 bits per heavy atom. The summed E-state index contributed by atoms with van der Waals surface area (Å²) >= 11 is 0. The number of rotatable bonds is 12. The Morgan fingerprint density at radius 3 is 2.81 bits per heavy atom. The molecule has 0 saturated heterocycles. The SMILES string of the molecule is C=CCc1cc(OC)ccc1OCCOCCNCCN. The van der Waals surface area contributed by atoms with Gasteiger partial charge in [0.15, 0.2) is 0 Å². The number of methoxy groups -OCH3 is 1. The molecule has 3 N–H and O–H groups in total. The maximum Gasteiger partial charge on any atom is 0.123 e. The van der Waals surface area contributed by atoms with E-state index < -0.39 is 0 Å². The summed E-state index contributed by atoms with van der Waals surface area (Å²) in [6.45, 7) is 7.77. The van der Waals surface area contributed by atoms with Gasteiger partial charge in [-0.1, -0.05) is 6.08 Å². The van der Waals surface area contributed by atoms with Gasteiger partial charge in [-0.15, -0.1) is 6.58 Å². The van der Waals surface area contributed by atoms with Crippen molar-refractivity contribution in [3.8, 4) is 11.5 Å². The fourth-order valence-corrected chi connectivity index (χ4v) is 1.82. The highest BCUT2D eigenvalue weighted by molar-refractivity contribution is 5.41. The van der Waals surface area contributed by atoms with Gasteiger partial charge in [0.25, 0.3) is 0 Å². The number of hydrogen-bond donors (Lipinski definition) is 2. The molecule has 0 heterocycles. The van der Waals surface area contributed by atoms with Gasteiger partial charge in [-0.2, -0.15) is 0 Å². The van der Waals surface area contributed by atoms with Gasteiger partial charge in [0.05, 0.1) is 20.3 Å². The molecule has 0 unspecified atom stereocenters. The quantitative estimate of drug-likeness (QED) is 0.450. The zero-order valence-corrected chi connectivity index (χ0v) is 12.8. The van der Waals surface area contributed by atoms with Crippen molar-refractivity contribution in [3.63, 3.8) is 0 Å². The number of nitrogens with one attached hydrogen (secondary N) is 1. The molecule has 0 aliphatic carbocycles. The maximum atomic E-state index is 5.75. The van der Waals surface area contributed by atoms with Crippen LogP contribution in [-0.2, 0) is 11.2 Å². The van der Waals surface area contributed by atoms with Crippen molar-refractivity contribution in [2.75, 3.05) is 46.6 Å². The van der Waals surface area contributed by atoms with E-state index in [-0.39, 0.29) is 0 Å². The van der Waals surface area contributed by atoms with E-state index in [0.717, 1.165) is 36.6 Å². The molecular weight excluding hydrogens is 268 g/mol. The summed E-state index contributed by atoms with van der Waals surface area (Å²) in [6.07, 6.45) is 2.59. The van der Waals surface area contributed by atoms with E-state index in [1.807, 2.05) is 24.3 Å². The van der Waals surface area contributed by atoms with Crippen molar-refractivity contribution in [1.82, 2.24) is 5.32 Å². The van der Waals surface area contributed by atoms with E-state index in [2.05, 4.69) is 11.9 Å². The topological polar surface area (TPSA) is 65.7 Å². The van der Waals surface area contributed by atoms with Crippen molar-refractivity contribution in [2.24, 2.45) is 5.73 Å². The molecule has 0 spiro atoms. The summed E-state index contributed by atoms with van der Waals surface area (Å²) in [6, 6.07) is 5.77. The van der Waals surface area contributed by atoms with Crippen molar-refractivity contribution >= 4 is 0 Å². The Labute approximate surface area is 127 Å². The highest BCUT2D eigenvalue weighted by Crippen LogP contribution is 2.24. The van der Waals surface area contributed by atoms with Gasteiger partial charge >= 0.3 is 0 Å². The van der Waals surface area contributed by atoms with E-state index in [4.69, 9.17) is 19.9 Å². The van der Waals surface area contributed by atoms with Crippen LogP contribution in [0, 0.1) is 0 Å². The van der Waals surface area contributed by atoms with E-state index in [1.165, 1.54) is 0 Å². The molecule has 0 bridgehead atoms. The molecule has 1 aromatic rings. The van der Waals surface area contributed by atoms with Gasteiger partial charge in [-0.3, -0.25) is 0 Å². The van der Waals surface area contributed by atoms with Crippen LogP contribution in [0.15, 0.2) is 30.9 Å². The molecule has 0 saturated carbocycles. The molecule has 118 valence electrons. The van der Waals surface area contributed by atoms with Crippen LogP contribution in [0.3, 0.4) is 0 Å². The fourth-order valence-electron chi connectivity index (χ4n) is 1.82. The van der Waals surface area contributed by atoms with Crippen molar-refractivity contribution in [3.05, 3.63) is 36.4 Å². The number of allylic oxidation sites excluding steroid dienone is 1. The van der Waals surface area contributed by atoms with Crippen LogP contribution in [0.2, 0.25) is 0 Å². The van der Waals surface area contributed by atoms with Gasteiger partial charge in [-0.25, -0.2) is 0 Å². The third-order valence-corrected chi connectivity index (χ3v) is 2.86. The lowest BCUT2D eigenvalue weighted by molar-refractivity contribution is 0.102. The summed E-state index contributed by atoms with van der Waals surface area (Å²) in [5, 5.41) is 3.17. The molecule has 1 aromatic carbocycles. The molecule has 1 rings (SSSR count). The summed E-state index contributed by atoms with van der Waals surface area (Å²) in [5.74, 6) is 1.67. The summed E-state index contributed by atoms with van der Waals surface area (Å²) in [5.41, 5.74) is 6.44. The number of benzene rings is 1. The molecule has 0 aliphatic heterocycles. The first kappa shape index (κ1) is 17.5. The van der Waals surface area contributed by atoms with Gasteiger partial charge in [-0.05, 0) is 24.6 Å². The Hall–Kier alpha value is -1.56. The molecule has 5 heteroatoms. The Kier molecular flexibility index (Phi) is 9.28. The second-order valence-corrected chi connectivity index (χ2v) is 4.47. The fraction of sp³-hybridized carbons (Fsp3) is 0.500. The van der Waals surface area contributed by atoms with Crippen molar-refractivity contribution in [1.29, 1.82) is 0 Å². The molecule has 5 nitrogen and oxygen atoms in total. The van der Waals surface area contributed by atoms with Crippen LogP contribution in [0.4, 0.5) is 0 Å². The minimum atomic E-state index is 0.521. The lowest BCUT2D eigenvalue weighted by Gasteiger charge is -2.12. The minimum absolute atomic E-state index is 0.521. The van der Waals surface area contributed by atoms with Crippen LogP contribution >= 0.6 is 0 Å². The summed E-state index contributed by atoms with van der Waals surface area (Å²) in [7, 11) is 1.65. The van der Waals surface area contributed by atoms with Gasteiger partial charge in [0, 0.05) is 25.2 Å². The summed E-state index contributed by atoms with van der Waals surface area (Å²) in [4.78, 5) is 0. The highest BCUT2D eigenvalue weighted by atomic mass is 16.5. The zero-order valence-electron chi connectivity index (χ0n) is 12.8.